The fraction of sp³-hybridized carbons (Fsp3) is 0.923. The second-order valence-corrected chi connectivity index (χ2v) is 5.74. The van der Waals surface area contributed by atoms with Crippen LogP contribution >= 0.6 is 12.2 Å². The van der Waals surface area contributed by atoms with Gasteiger partial charge in [-0.25, -0.2) is 0 Å². The van der Waals surface area contributed by atoms with Crippen LogP contribution in [-0.2, 0) is 0 Å². The van der Waals surface area contributed by atoms with Crippen LogP contribution in [0, 0.1) is 0 Å². The molecule has 2 aliphatic rings. The molecule has 0 atom stereocenters. The number of rotatable bonds is 4. The van der Waals surface area contributed by atoms with Gasteiger partial charge in [0.25, 0.3) is 0 Å². The predicted molar refractivity (Wildman–Crippen MR) is 79.9 cm³/mol. The molecule has 1 heterocycles. The third-order valence-electron chi connectivity index (χ3n) is 3.86. The summed E-state index contributed by atoms with van der Waals surface area (Å²) in [6.07, 6.45) is 6.64. The van der Waals surface area contributed by atoms with Gasteiger partial charge in [-0.3, -0.25) is 4.90 Å². The number of hydrogen-bond donors (Lipinski definition) is 3. The van der Waals surface area contributed by atoms with Crippen LogP contribution < -0.4 is 16.0 Å². The molecule has 1 saturated carbocycles. The first-order valence-corrected chi connectivity index (χ1v) is 7.73. The van der Waals surface area contributed by atoms with Gasteiger partial charge >= 0.3 is 0 Å². The fourth-order valence-corrected chi connectivity index (χ4v) is 3.01. The quantitative estimate of drug-likeness (QED) is 0.656. The van der Waals surface area contributed by atoms with Gasteiger partial charge in [0.05, 0.1) is 0 Å². The smallest absolute Gasteiger partial charge is 0.166 e. The van der Waals surface area contributed by atoms with Crippen LogP contribution in [0.1, 0.15) is 32.1 Å². The third kappa shape index (κ3) is 5.08. The van der Waals surface area contributed by atoms with Crippen molar-refractivity contribution < 1.29 is 0 Å². The predicted octanol–water partition coefficient (Wildman–Crippen LogP) is 0.688. The zero-order chi connectivity index (χ0) is 12.6. The van der Waals surface area contributed by atoms with Crippen LogP contribution in [-0.4, -0.2) is 55.3 Å². The molecule has 0 unspecified atom stereocenters. The van der Waals surface area contributed by atoms with Gasteiger partial charge in [-0.15, -0.1) is 0 Å². The van der Waals surface area contributed by atoms with Crippen LogP contribution in [0.15, 0.2) is 0 Å². The standard InChI is InChI=1S/C13H26N4S/c18-13(16-12-4-2-1-3-5-12)15-8-11-17-9-6-14-7-10-17/h12,14H,1-11H2,(H2,15,16,18). The molecule has 2 fully saturated rings. The van der Waals surface area contributed by atoms with E-state index in [9.17, 15) is 0 Å². The van der Waals surface area contributed by atoms with Crippen molar-refractivity contribution >= 4 is 17.3 Å². The van der Waals surface area contributed by atoms with E-state index >= 15 is 0 Å². The van der Waals surface area contributed by atoms with Gasteiger partial charge in [0.1, 0.15) is 0 Å². The summed E-state index contributed by atoms with van der Waals surface area (Å²) in [6.45, 7) is 6.59. The van der Waals surface area contributed by atoms with Gasteiger partial charge in [-0.1, -0.05) is 19.3 Å². The molecule has 18 heavy (non-hydrogen) atoms. The van der Waals surface area contributed by atoms with Gasteiger partial charge in [-0.2, -0.15) is 0 Å². The first-order chi connectivity index (χ1) is 8.84. The molecule has 1 saturated heterocycles. The maximum atomic E-state index is 5.35. The molecule has 0 aromatic heterocycles. The van der Waals surface area contributed by atoms with Crippen LogP contribution in [0.25, 0.3) is 0 Å². The van der Waals surface area contributed by atoms with Crippen molar-refractivity contribution in [3.05, 3.63) is 0 Å². The Kier molecular flexibility index (Phi) is 6.17. The summed E-state index contributed by atoms with van der Waals surface area (Å²) in [5.41, 5.74) is 0. The van der Waals surface area contributed by atoms with Gasteiger partial charge < -0.3 is 16.0 Å². The van der Waals surface area contributed by atoms with Gasteiger partial charge in [0.15, 0.2) is 5.11 Å². The number of nitrogens with one attached hydrogen (secondary N) is 3. The number of piperazine rings is 1. The zero-order valence-electron chi connectivity index (χ0n) is 11.2. The average molecular weight is 270 g/mol. The molecule has 104 valence electrons. The lowest BCUT2D eigenvalue weighted by atomic mass is 9.96. The molecule has 3 N–H and O–H groups in total. The van der Waals surface area contributed by atoms with Crippen molar-refractivity contribution in [2.24, 2.45) is 0 Å². The van der Waals surface area contributed by atoms with Crippen LogP contribution in [0.2, 0.25) is 0 Å². The highest BCUT2D eigenvalue weighted by atomic mass is 32.1. The van der Waals surface area contributed by atoms with E-state index < -0.39 is 0 Å². The molecule has 0 bridgehead atoms. The second-order valence-electron chi connectivity index (χ2n) is 5.33. The van der Waals surface area contributed by atoms with E-state index in [1.807, 2.05) is 0 Å². The Hall–Kier alpha value is -0.390. The minimum absolute atomic E-state index is 0.609. The van der Waals surface area contributed by atoms with Crippen molar-refractivity contribution in [2.45, 2.75) is 38.1 Å². The lowest BCUT2D eigenvalue weighted by Crippen LogP contribution is -2.48. The third-order valence-corrected chi connectivity index (χ3v) is 4.13. The molecule has 0 spiro atoms. The zero-order valence-corrected chi connectivity index (χ0v) is 12.0. The number of nitrogens with zero attached hydrogens (tertiary/aromatic N) is 1. The average Bonchev–Trinajstić information content (AvgIpc) is 2.41. The molecule has 0 aromatic rings. The topological polar surface area (TPSA) is 39.3 Å². The summed E-state index contributed by atoms with van der Waals surface area (Å²) >= 11 is 5.35. The van der Waals surface area contributed by atoms with Crippen molar-refractivity contribution in [3.8, 4) is 0 Å². The van der Waals surface area contributed by atoms with E-state index in [2.05, 4.69) is 20.9 Å². The summed E-state index contributed by atoms with van der Waals surface area (Å²) in [4.78, 5) is 2.48. The van der Waals surface area contributed by atoms with Gasteiger partial charge in [0.2, 0.25) is 0 Å². The van der Waals surface area contributed by atoms with Crippen LogP contribution in [0.3, 0.4) is 0 Å². The number of thiocarbonyl (C=S) groups is 1. The highest BCUT2D eigenvalue weighted by Crippen LogP contribution is 2.17. The lowest BCUT2D eigenvalue weighted by Gasteiger charge is -2.28. The highest BCUT2D eigenvalue weighted by molar-refractivity contribution is 7.80. The van der Waals surface area contributed by atoms with E-state index in [4.69, 9.17) is 12.2 Å². The van der Waals surface area contributed by atoms with Crippen LogP contribution in [0.5, 0.6) is 0 Å². The first-order valence-electron chi connectivity index (χ1n) is 7.32. The first kappa shape index (κ1) is 14.0. The molecule has 1 aliphatic heterocycles. The van der Waals surface area contributed by atoms with E-state index in [1.54, 1.807) is 0 Å². The largest absolute Gasteiger partial charge is 0.361 e. The molecule has 2 rings (SSSR count). The molecular formula is C13H26N4S. The van der Waals surface area contributed by atoms with Crippen molar-refractivity contribution in [3.63, 3.8) is 0 Å². The molecule has 0 amide bonds. The second kappa shape index (κ2) is 7.92. The lowest BCUT2D eigenvalue weighted by molar-refractivity contribution is 0.244. The minimum atomic E-state index is 0.609. The maximum absolute atomic E-state index is 5.35. The molecule has 5 heteroatoms. The van der Waals surface area contributed by atoms with E-state index in [1.165, 1.54) is 32.1 Å². The summed E-state index contributed by atoms with van der Waals surface area (Å²) < 4.78 is 0. The van der Waals surface area contributed by atoms with Crippen molar-refractivity contribution in [1.29, 1.82) is 0 Å². The summed E-state index contributed by atoms with van der Waals surface area (Å²) in [5, 5.41) is 11.0. The van der Waals surface area contributed by atoms with E-state index in [-0.39, 0.29) is 0 Å². The Morgan fingerprint density at radius 2 is 1.89 bits per heavy atom. The van der Waals surface area contributed by atoms with E-state index in [0.29, 0.717) is 6.04 Å². The molecule has 0 radical (unpaired) electrons. The van der Waals surface area contributed by atoms with Crippen molar-refractivity contribution in [1.82, 2.24) is 20.9 Å². The Labute approximate surface area is 116 Å². The number of hydrogen-bond acceptors (Lipinski definition) is 3. The Balaban J connectivity index is 1.53. The molecule has 0 aromatic carbocycles. The van der Waals surface area contributed by atoms with E-state index in [0.717, 1.165) is 44.4 Å². The highest BCUT2D eigenvalue weighted by Gasteiger charge is 2.14. The van der Waals surface area contributed by atoms with Crippen LogP contribution in [0.4, 0.5) is 0 Å². The maximum Gasteiger partial charge on any atom is 0.166 e. The van der Waals surface area contributed by atoms with Gasteiger partial charge in [-0.05, 0) is 25.1 Å². The Bertz CT molecular complexity index is 247. The Morgan fingerprint density at radius 3 is 2.61 bits per heavy atom. The normalized spacial score (nSPS) is 22.7. The fourth-order valence-electron chi connectivity index (χ4n) is 2.75. The minimum Gasteiger partial charge on any atom is -0.361 e. The molecule has 4 nitrogen and oxygen atoms in total. The summed E-state index contributed by atoms with van der Waals surface area (Å²) in [6, 6.07) is 0.609. The van der Waals surface area contributed by atoms with Crippen molar-refractivity contribution in [2.75, 3.05) is 39.3 Å². The monoisotopic (exact) mass is 270 g/mol. The SMILES string of the molecule is S=C(NCCN1CCNCC1)NC1CCCCC1. The molecular weight excluding hydrogens is 244 g/mol. The summed E-state index contributed by atoms with van der Waals surface area (Å²) in [7, 11) is 0. The summed E-state index contributed by atoms with van der Waals surface area (Å²) in [5.74, 6) is 0. The molecule has 1 aliphatic carbocycles. The van der Waals surface area contributed by atoms with Gasteiger partial charge in [0, 0.05) is 45.3 Å². The Morgan fingerprint density at radius 1 is 1.17 bits per heavy atom.